The Kier molecular flexibility index (Phi) is 12.9. The SMILES string of the molecule is CCC(CO)(CO)COCCCSCC[Si](C)(C)O[Si](C)(C)O[Si](C)(C)C. The van der Waals surface area contributed by atoms with Crippen molar-refractivity contribution < 1.29 is 23.2 Å². The lowest BCUT2D eigenvalue weighted by atomic mass is 9.88. The molecule has 164 valence electrons. The summed E-state index contributed by atoms with van der Waals surface area (Å²) in [4.78, 5) is 0. The third-order valence-electron chi connectivity index (χ3n) is 4.33. The van der Waals surface area contributed by atoms with E-state index in [1.54, 1.807) is 0 Å². The van der Waals surface area contributed by atoms with Crippen LogP contribution in [-0.2, 0) is 13.0 Å². The molecular formula is C18H44O5SSi3. The van der Waals surface area contributed by atoms with Crippen LogP contribution < -0.4 is 0 Å². The van der Waals surface area contributed by atoms with Crippen LogP contribution in [0.15, 0.2) is 0 Å². The maximum absolute atomic E-state index is 9.41. The van der Waals surface area contributed by atoms with Crippen LogP contribution in [0.3, 0.4) is 0 Å². The van der Waals surface area contributed by atoms with Crippen molar-refractivity contribution in [3.63, 3.8) is 0 Å². The zero-order chi connectivity index (χ0) is 21.2. The third-order valence-corrected chi connectivity index (χ3v) is 15.8. The standard InChI is InChI=1S/C18H44O5SSi3/c1-9-18(15-19,16-20)17-21-11-10-12-24-13-14-26(5,6)23-27(7,8)22-25(2,3)4/h19-20H,9-17H2,1-8H3. The summed E-state index contributed by atoms with van der Waals surface area (Å²) in [5.74, 6) is 2.18. The van der Waals surface area contributed by atoms with E-state index in [0.29, 0.717) is 13.2 Å². The number of thioether (sulfide) groups is 1. The van der Waals surface area contributed by atoms with E-state index in [0.717, 1.165) is 30.4 Å². The molecule has 0 amide bonds. The minimum Gasteiger partial charge on any atom is -0.437 e. The van der Waals surface area contributed by atoms with Gasteiger partial charge in [-0.15, -0.1) is 0 Å². The minimum atomic E-state index is -2.04. The fraction of sp³-hybridized carbons (Fsp3) is 1.00. The summed E-state index contributed by atoms with van der Waals surface area (Å²) in [6, 6.07) is 1.14. The van der Waals surface area contributed by atoms with E-state index in [1.165, 1.54) is 0 Å². The zero-order valence-corrected chi connectivity index (χ0v) is 22.7. The summed E-state index contributed by atoms with van der Waals surface area (Å²) < 4.78 is 18.5. The molecule has 0 unspecified atom stereocenters. The fourth-order valence-electron chi connectivity index (χ4n) is 2.91. The second-order valence-corrected chi connectivity index (χ2v) is 23.3. The van der Waals surface area contributed by atoms with Crippen LogP contribution >= 0.6 is 11.8 Å². The van der Waals surface area contributed by atoms with Gasteiger partial charge >= 0.3 is 8.56 Å². The highest BCUT2D eigenvalue weighted by molar-refractivity contribution is 7.99. The van der Waals surface area contributed by atoms with E-state index >= 15 is 0 Å². The average molecular weight is 457 g/mol. The lowest BCUT2D eigenvalue weighted by Crippen LogP contribution is -2.51. The van der Waals surface area contributed by atoms with Gasteiger partial charge in [0.25, 0.3) is 0 Å². The third kappa shape index (κ3) is 13.6. The van der Waals surface area contributed by atoms with Crippen molar-refractivity contribution in [2.75, 3.05) is 37.9 Å². The van der Waals surface area contributed by atoms with Gasteiger partial charge in [-0.25, -0.2) is 0 Å². The van der Waals surface area contributed by atoms with Crippen LogP contribution in [0.2, 0.25) is 51.9 Å². The van der Waals surface area contributed by atoms with Crippen LogP contribution in [0, 0.1) is 5.41 Å². The molecular weight excluding hydrogens is 413 g/mol. The van der Waals surface area contributed by atoms with E-state index < -0.39 is 30.6 Å². The van der Waals surface area contributed by atoms with Crippen molar-refractivity contribution in [3.05, 3.63) is 0 Å². The molecule has 0 saturated carbocycles. The van der Waals surface area contributed by atoms with E-state index in [2.05, 4.69) is 45.8 Å². The Morgan fingerprint density at radius 3 is 1.96 bits per heavy atom. The van der Waals surface area contributed by atoms with Crippen molar-refractivity contribution >= 4 is 37.0 Å². The van der Waals surface area contributed by atoms with Crippen molar-refractivity contribution in [2.24, 2.45) is 5.41 Å². The second kappa shape index (κ2) is 12.5. The lowest BCUT2D eigenvalue weighted by Gasteiger charge is -2.37. The summed E-state index contributed by atoms with van der Waals surface area (Å²) >= 11 is 1.95. The highest BCUT2D eigenvalue weighted by Crippen LogP contribution is 2.24. The van der Waals surface area contributed by atoms with Crippen molar-refractivity contribution in [1.29, 1.82) is 0 Å². The maximum atomic E-state index is 9.41. The molecule has 0 fully saturated rings. The molecule has 0 aliphatic heterocycles. The average Bonchev–Trinajstić information content (AvgIpc) is 2.50. The van der Waals surface area contributed by atoms with E-state index in [1.807, 2.05) is 18.7 Å². The molecule has 0 aromatic heterocycles. The van der Waals surface area contributed by atoms with Gasteiger partial charge in [0, 0.05) is 12.0 Å². The fourth-order valence-corrected chi connectivity index (χ4v) is 18.2. The first kappa shape index (κ1) is 27.8. The number of aliphatic hydroxyl groups excluding tert-OH is 2. The molecule has 2 N–H and O–H groups in total. The van der Waals surface area contributed by atoms with Gasteiger partial charge < -0.3 is 23.2 Å². The van der Waals surface area contributed by atoms with Gasteiger partial charge in [-0.05, 0) is 76.2 Å². The first-order valence-electron chi connectivity index (χ1n) is 10.1. The Morgan fingerprint density at radius 2 is 1.48 bits per heavy atom. The van der Waals surface area contributed by atoms with Gasteiger partial charge in [0.05, 0.1) is 19.8 Å². The molecule has 0 bridgehead atoms. The molecule has 0 aromatic carbocycles. The molecule has 9 heteroatoms. The molecule has 5 nitrogen and oxygen atoms in total. The van der Waals surface area contributed by atoms with E-state index in [4.69, 9.17) is 13.0 Å². The first-order valence-corrected chi connectivity index (χ1v) is 20.6. The maximum Gasteiger partial charge on any atom is 0.311 e. The largest absolute Gasteiger partial charge is 0.437 e. The van der Waals surface area contributed by atoms with Gasteiger partial charge in [-0.1, -0.05) is 6.92 Å². The second-order valence-electron chi connectivity index (χ2n) is 9.41. The lowest BCUT2D eigenvalue weighted by molar-refractivity contribution is -0.0295. The normalized spacial score (nSPS) is 14.0. The molecule has 0 aliphatic carbocycles. The highest BCUT2D eigenvalue weighted by Gasteiger charge is 2.37. The molecule has 0 rings (SSSR count). The zero-order valence-electron chi connectivity index (χ0n) is 18.9. The summed E-state index contributed by atoms with van der Waals surface area (Å²) in [5, 5.41) is 18.8. The molecule has 0 saturated heterocycles. The Labute approximate surface area is 175 Å². The van der Waals surface area contributed by atoms with Crippen LogP contribution in [0.4, 0.5) is 0 Å². The van der Waals surface area contributed by atoms with E-state index in [9.17, 15) is 10.2 Å². The van der Waals surface area contributed by atoms with Crippen LogP contribution in [0.25, 0.3) is 0 Å². The van der Waals surface area contributed by atoms with Crippen molar-refractivity contribution in [1.82, 2.24) is 0 Å². The van der Waals surface area contributed by atoms with Gasteiger partial charge in [-0.2, -0.15) is 11.8 Å². The van der Waals surface area contributed by atoms with Gasteiger partial charge in [0.1, 0.15) is 0 Å². The first-order chi connectivity index (χ1) is 12.3. The van der Waals surface area contributed by atoms with Gasteiger partial charge in [-0.3, -0.25) is 0 Å². The number of hydrogen-bond donors (Lipinski definition) is 2. The van der Waals surface area contributed by atoms with Gasteiger partial charge in [0.15, 0.2) is 16.6 Å². The minimum absolute atomic E-state index is 0.0322. The molecule has 0 atom stereocenters. The monoisotopic (exact) mass is 456 g/mol. The molecule has 0 radical (unpaired) electrons. The summed E-state index contributed by atoms with van der Waals surface area (Å²) in [6.45, 7) is 18.6. The molecule has 27 heavy (non-hydrogen) atoms. The number of ether oxygens (including phenoxy) is 1. The topological polar surface area (TPSA) is 68.2 Å². The van der Waals surface area contributed by atoms with Crippen LogP contribution in [-0.4, -0.2) is 73.3 Å². The summed E-state index contributed by atoms with van der Waals surface area (Å²) in [7, 11) is -5.30. The van der Waals surface area contributed by atoms with Crippen molar-refractivity contribution in [3.8, 4) is 0 Å². The molecule has 0 heterocycles. The Bertz CT molecular complexity index is 391. The molecule has 0 aliphatic rings. The van der Waals surface area contributed by atoms with E-state index in [-0.39, 0.29) is 13.2 Å². The Hall–Kier alpha value is 0.801. The highest BCUT2D eigenvalue weighted by atomic mass is 32.2. The molecule has 0 aromatic rings. The van der Waals surface area contributed by atoms with Gasteiger partial charge in [0.2, 0.25) is 0 Å². The number of aliphatic hydroxyl groups is 2. The predicted molar refractivity (Wildman–Crippen MR) is 125 cm³/mol. The van der Waals surface area contributed by atoms with Crippen LogP contribution in [0.5, 0.6) is 0 Å². The smallest absolute Gasteiger partial charge is 0.311 e. The van der Waals surface area contributed by atoms with Crippen molar-refractivity contribution in [2.45, 2.75) is 71.6 Å². The number of rotatable bonds is 16. The van der Waals surface area contributed by atoms with Crippen LogP contribution in [0.1, 0.15) is 19.8 Å². The summed E-state index contributed by atoms with van der Waals surface area (Å²) in [6.07, 6.45) is 1.71. The quantitative estimate of drug-likeness (QED) is 0.267. The molecule has 0 spiro atoms. The predicted octanol–water partition coefficient (Wildman–Crippen LogP) is 4.28. The summed E-state index contributed by atoms with van der Waals surface area (Å²) in [5.41, 5.74) is -0.491. The Balaban J connectivity index is 3.97. The Morgan fingerprint density at radius 1 is 0.889 bits per heavy atom. The number of hydrogen-bond acceptors (Lipinski definition) is 6.